The minimum Gasteiger partial charge on any atom is -0.369 e. The molecule has 1 heterocycles. The lowest BCUT2D eigenvalue weighted by atomic mass is 10.1. The number of benzene rings is 1. The summed E-state index contributed by atoms with van der Waals surface area (Å²) in [5.41, 5.74) is 1.17. The predicted octanol–water partition coefficient (Wildman–Crippen LogP) is 3.40. The van der Waals surface area contributed by atoms with Gasteiger partial charge in [0.25, 0.3) is 0 Å². The van der Waals surface area contributed by atoms with Gasteiger partial charge in [-0.1, -0.05) is 13.3 Å². The Morgan fingerprint density at radius 2 is 2.33 bits per heavy atom. The summed E-state index contributed by atoms with van der Waals surface area (Å²) in [4.78, 5) is 2.39. The fourth-order valence-electron chi connectivity index (χ4n) is 2.50. The number of anilines is 1. The van der Waals surface area contributed by atoms with Crippen LogP contribution in [0.15, 0.2) is 18.2 Å². The third-order valence-corrected chi connectivity index (χ3v) is 4.23. The van der Waals surface area contributed by atoms with Gasteiger partial charge in [0, 0.05) is 22.7 Å². The van der Waals surface area contributed by atoms with Gasteiger partial charge in [-0.25, -0.2) is 4.39 Å². The zero-order chi connectivity index (χ0) is 13.0. The molecule has 1 aromatic carbocycles. The molecule has 1 aromatic rings. The molecule has 4 heteroatoms. The lowest BCUT2D eigenvalue weighted by Crippen LogP contribution is -2.37. The van der Waals surface area contributed by atoms with Gasteiger partial charge in [-0.15, -0.1) is 0 Å². The third-order valence-electron chi connectivity index (χ3n) is 3.37. The Labute approximate surface area is 122 Å². The number of hydrogen-bond donors (Lipinski definition) is 1. The molecule has 1 fully saturated rings. The molecule has 0 radical (unpaired) electrons. The summed E-state index contributed by atoms with van der Waals surface area (Å²) in [6.45, 7) is 5.38. The molecule has 1 atom stereocenters. The van der Waals surface area contributed by atoms with Crippen LogP contribution in [0.3, 0.4) is 0 Å². The molecule has 0 bridgehead atoms. The summed E-state index contributed by atoms with van der Waals surface area (Å²) in [5.74, 6) is -0.152. The average molecular weight is 362 g/mol. The second-order valence-corrected chi connectivity index (χ2v) is 6.00. The molecule has 2 rings (SSSR count). The lowest BCUT2D eigenvalue weighted by Gasteiger charge is -2.27. The SMILES string of the molecule is CCCC1CN(c2ccc(F)cc2I)CCCN1. The van der Waals surface area contributed by atoms with Crippen LogP contribution in [0.4, 0.5) is 10.1 Å². The number of hydrogen-bond acceptors (Lipinski definition) is 2. The van der Waals surface area contributed by atoms with Crippen LogP contribution in [0.2, 0.25) is 0 Å². The van der Waals surface area contributed by atoms with Gasteiger partial charge in [-0.3, -0.25) is 0 Å². The van der Waals surface area contributed by atoms with Crippen LogP contribution in [-0.4, -0.2) is 25.7 Å². The van der Waals surface area contributed by atoms with E-state index in [1.807, 2.05) is 6.07 Å². The van der Waals surface area contributed by atoms with Crippen molar-refractivity contribution in [1.29, 1.82) is 0 Å². The van der Waals surface area contributed by atoms with Crippen LogP contribution < -0.4 is 10.2 Å². The van der Waals surface area contributed by atoms with Crippen molar-refractivity contribution in [3.05, 3.63) is 27.6 Å². The standard InChI is InChI=1S/C14H20FIN2/c1-2-4-12-10-18(8-3-7-17-12)14-6-5-11(15)9-13(14)16/h5-6,9,12,17H,2-4,7-8,10H2,1H3. The molecule has 1 N–H and O–H groups in total. The number of nitrogens with one attached hydrogen (secondary N) is 1. The van der Waals surface area contributed by atoms with Crippen LogP contribution in [-0.2, 0) is 0 Å². The summed E-state index contributed by atoms with van der Waals surface area (Å²) in [6.07, 6.45) is 3.55. The van der Waals surface area contributed by atoms with Crippen LogP contribution in [0.5, 0.6) is 0 Å². The third kappa shape index (κ3) is 3.57. The summed E-state index contributed by atoms with van der Waals surface area (Å²) >= 11 is 2.23. The number of rotatable bonds is 3. The summed E-state index contributed by atoms with van der Waals surface area (Å²) in [6, 6.07) is 5.64. The molecule has 0 spiro atoms. The van der Waals surface area contributed by atoms with Crippen LogP contribution in [0, 0.1) is 9.39 Å². The Kier molecular flexibility index (Phi) is 5.24. The molecule has 100 valence electrons. The summed E-state index contributed by atoms with van der Waals surface area (Å²) in [7, 11) is 0. The summed E-state index contributed by atoms with van der Waals surface area (Å²) < 4.78 is 14.2. The van der Waals surface area contributed by atoms with E-state index in [4.69, 9.17) is 0 Å². The van der Waals surface area contributed by atoms with Crippen LogP contribution in [0.1, 0.15) is 26.2 Å². The largest absolute Gasteiger partial charge is 0.369 e. The van der Waals surface area contributed by atoms with Crippen molar-refractivity contribution < 1.29 is 4.39 Å². The number of nitrogens with zero attached hydrogens (tertiary/aromatic N) is 1. The smallest absolute Gasteiger partial charge is 0.124 e. The molecule has 0 aliphatic carbocycles. The molecule has 1 unspecified atom stereocenters. The molecule has 1 saturated heterocycles. The molecular weight excluding hydrogens is 342 g/mol. The van der Waals surface area contributed by atoms with Gasteiger partial charge in [0.15, 0.2) is 0 Å². The molecular formula is C14H20FIN2. The van der Waals surface area contributed by atoms with Gasteiger partial charge in [0.05, 0.1) is 5.69 Å². The average Bonchev–Trinajstić information content (AvgIpc) is 2.55. The highest BCUT2D eigenvalue weighted by Gasteiger charge is 2.18. The van der Waals surface area contributed by atoms with Gasteiger partial charge >= 0.3 is 0 Å². The molecule has 1 aliphatic heterocycles. The van der Waals surface area contributed by atoms with Gasteiger partial charge in [0.1, 0.15) is 5.82 Å². The van der Waals surface area contributed by atoms with E-state index in [0.717, 1.165) is 29.6 Å². The van der Waals surface area contributed by atoms with Gasteiger partial charge in [0.2, 0.25) is 0 Å². The quantitative estimate of drug-likeness (QED) is 0.830. The van der Waals surface area contributed by atoms with E-state index in [2.05, 4.69) is 39.7 Å². The minimum atomic E-state index is -0.152. The maximum Gasteiger partial charge on any atom is 0.124 e. The van der Waals surface area contributed by atoms with Crippen molar-refractivity contribution >= 4 is 28.3 Å². The van der Waals surface area contributed by atoms with Gasteiger partial charge in [-0.05, 0) is 60.2 Å². The van der Waals surface area contributed by atoms with Gasteiger partial charge < -0.3 is 10.2 Å². The van der Waals surface area contributed by atoms with E-state index >= 15 is 0 Å². The van der Waals surface area contributed by atoms with E-state index in [9.17, 15) is 4.39 Å². The van der Waals surface area contributed by atoms with Crippen molar-refractivity contribution in [3.63, 3.8) is 0 Å². The topological polar surface area (TPSA) is 15.3 Å². The Morgan fingerprint density at radius 1 is 1.50 bits per heavy atom. The Morgan fingerprint density at radius 3 is 3.06 bits per heavy atom. The van der Waals surface area contributed by atoms with E-state index in [1.54, 1.807) is 12.1 Å². The van der Waals surface area contributed by atoms with Crippen molar-refractivity contribution in [2.45, 2.75) is 32.2 Å². The zero-order valence-electron chi connectivity index (χ0n) is 10.8. The lowest BCUT2D eigenvalue weighted by molar-refractivity contribution is 0.502. The Hall–Kier alpha value is -0.360. The first-order chi connectivity index (χ1) is 8.70. The van der Waals surface area contributed by atoms with Crippen molar-refractivity contribution in [1.82, 2.24) is 5.32 Å². The number of halogens is 2. The van der Waals surface area contributed by atoms with E-state index in [1.165, 1.54) is 18.5 Å². The van der Waals surface area contributed by atoms with E-state index in [-0.39, 0.29) is 5.82 Å². The van der Waals surface area contributed by atoms with E-state index < -0.39 is 0 Å². The molecule has 18 heavy (non-hydrogen) atoms. The molecule has 0 aromatic heterocycles. The summed E-state index contributed by atoms with van der Waals surface area (Å²) in [5, 5.41) is 3.59. The molecule has 2 nitrogen and oxygen atoms in total. The fourth-order valence-corrected chi connectivity index (χ4v) is 3.31. The van der Waals surface area contributed by atoms with Crippen molar-refractivity contribution in [2.75, 3.05) is 24.5 Å². The predicted molar refractivity (Wildman–Crippen MR) is 82.6 cm³/mol. The van der Waals surface area contributed by atoms with Crippen LogP contribution in [0.25, 0.3) is 0 Å². The molecule has 0 amide bonds. The highest BCUT2D eigenvalue weighted by atomic mass is 127. The van der Waals surface area contributed by atoms with Gasteiger partial charge in [-0.2, -0.15) is 0 Å². The second-order valence-electron chi connectivity index (χ2n) is 4.84. The highest BCUT2D eigenvalue weighted by molar-refractivity contribution is 14.1. The molecule has 0 saturated carbocycles. The maximum absolute atomic E-state index is 13.2. The van der Waals surface area contributed by atoms with Crippen molar-refractivity contribution in [3.8, 4) is 0 Å². The highest BCUT2D eigenvalue weighted by Crippen LogP contribution is 2.25. The first-order valence-electron chi connectivity index (χ1n) is 6.64. The fraction of sp³-hybridized carbons (Fsp3) is 0.571. The Bertz CT molecular complexity index is 397. The second kappa shape index (κ2) is 6.70. The minimum absolute atomic E-state index is 0.152. The first-order valence-corrected chi connectivity index (χ1v) is 7.72. The first kappa shape index (κ1) is 14.1. The monoisotopic (exact) mass is 362 g/mol. The van der Waals surface area contributed by atoms with Crippen LogP contribution >= 0.6 is 22.6 Å². The Balaban J connectivity index is 2.14. The normalized spacial score (nSPS) is 20.8. The maximum atomic E-state index is 13.2. The zero-order valence-corrected chi connectivity index (χ0v) is 12.9. The molecule has 1 aliphatic rings. The van der Waals surface area contributed by atoms with E-state index in [0.29, 0.717) is 6.04 Å². The van der Waals surface area contributed by atoms with Crippen molar-refractivity contribution in [2.24, 2.45) is 0 Å².